The fourth-order valence-corrected chi connectivity index (χ4v) is 0.988. The van der Waals surface area contributed by atoms with E-state index < -0.39 is 0 Å². The molecular weight excluding hydrogens is 278 g/mol. The molecule has 0 radical (unpaired) electrons. The van der Waals surface area contributed by atoms with E-state index in [-0.39, 0.29) is 5.91 Å². The van der Waals surface area contributed by atoms with Crippen LogP contribution >= 0.6 is 34.5 Å². The third kappa shape index (κ3) is 2.30. The number of halogens is 2. The molecule has 0 saturated carbocycles. The molecule has 0 aliphatic rings. The number of pyridine rings is 1. The van der Waals surface area contributed by atoms with Crippen molar-refractivity contribution < 1.29 is 4.79 Å². The van der Waals surface area contributed by atoms with Gasteiger partial charge in [0.25, 0.3) is 5.91 Å². The van der Waals surface area contributed by atoms with Crippen LogP contribution in [0.3, 0.4) is 0 Å². The smallest absolute Gasteiger partial charge is 0.261 e. The number of hydrogen-bond acceptors (Lipinski definition) is 2. The first kappa shape index (κ1) is 8.73. The van der Waals surface area contributed by atoms with Crippen LogP contribution in [-0.2, 0) is 0 Å². The van der Waals surface area contributed by atoms with E-state index in [0.717, 1.165) is 0 Å². The number of rotatable bonds is 1. The largest absolute Gasteiger partial charge is 0.295 e. The van der Waals surface area contributed by atoms with Gasteiger partial charge in [-0.15, -0.1) is 0 Å². The Hall–Kier alpha value is -0.360. The van der Waals surface area contributed by atoms with Crippen LogP contribution in [0, 0.1) is 0 Å². The zero-order chi connectivity index (χ0) is 8.27. The van der Waals surface area contributed by atoms with Crippen LogP contribution < -0.4 is 3.53 Å². The van der Waals surface area contributed by atoms with E-state index in [1.54, 1.807) is 35.0 Å². The summed E-state index contributed by atoms with van der Waals surface area (Å²) in [6, 6.07) is 3.19. The average Bonchev–Trinajstić information content (AvgIpc) is 2.05. The second kappa shape index (κ2) is 3.87. The first-order valence-electron chi connectivity index (χ1n) is 2.76. The summed E-state index contributed by atoms with van der Waals surface area (Å²) in [5, 5.41) is 0.384. The summed E-state index contributed by atoms with van der Waals surface area (Å²) in [5.74, 6) is -0.172. The molecule has 5 heteroatoms. The maximum absolute atomic E-state index is 10.9. The Morgan fingerprint density at radius 3 is 2.82 bits per heavy atom. The van der Waals surface area contributed by atoms with Gasteiger partial charge in [-0.2, -0.15) is 0 Å². The van der Waals surface area contributed by atoms with Crippen molar-refractivity contribution >= 4 is 40.4 Å². The van der Waals surface area contributed by atoms with Crippen molar-refractivity contribution in [1.29, 1.82) is 0 Å². The van der Waals surface area contributed by atoms with Gasteiger partial charge in [-0.3, -0.25) is 8.32 Å². The summed E-state index contributed by atoms with van der Waals surface area (Å²) in [5.41, 5.74) is 0.504. The molecule has 1 N–H and O–H groups in total. The summed E-state index contributed by atoms with van der Waals surface area (Å²) in [6.07, 6.45) is 1.43. The Morgan fingerprint density at radius 2 is 2.36 bits per heavy atom. The molecular formula is C6H4ClIN2O. The molecule has 1 aromatic rings. The summed E-state index contributed by atoms with van der Waals surface area (Å²) in [7, 11) is 0. The molecule has 0 aliphatic carbocycles. The molecule has 1 aromatic heterocycles. The quantitative estimate of drug-likeness (QED) is 0.485. The van der Waals surface area contributed by atoms with Crippen molar-refractivity contribution in [3.05, 3.63) is 29.0 Å². The Labute approximate surface area is 82.6 Å². The van der Waals surface area contributed by atoms with Crippen molar-refractivity contribution in [1.82, 2.24) is 8.51 Å². The predicted molar refractivity (Wildman–Crippen MR) is 50.7 cm³/mol. The molecule has 0 spiro atoms. The van der Waals surface area contributed by atoms with Crippen LogP contribution in [0.4, 0.5) is 0 Å². The van der Waals surface area contributed by atoms with E-state index in [0.29, 0.717) is 10.7 Å². The van der Waals surface area contributed by atoms with Crippen LogP contribution in [0.25, 0.3) is 0 Å². The molecule has 1 rings (SSSR count). The highest BCUT2D eigenvalue weighted by atomic mass is 127. The molecule has 0 bridgehead atoms. The zero-order valence-corrected chi connectivity index (χ0v) is 8.26. The molecule has 11 heavy (non-hydrogen) atoms. The fourth-order valence-electron chi connectivity index (χ4n) is 0.565. The van der Waals surface area contributed by atoms with Crippen LogP contribution in [0.15, 0.2) is 18.3 Å². The van der Waals surface area contributed by atoms with Gasteiger partial charge in [0.15, 0.2) is 0 Å². The van der Waals surface area contributed by atoms with Gasteiger partial charge in [0.05, 0.1) is 28.4 Å². The van der Waals surface area contributed by atoms with Gasteiger partial charge in [-0.1, -0.05) is 11.6 Å². The highest BCUT2D eigenvalue weighted by Crippen LogP contribution is 2.04. The molecule has 0 unspecified atom stereocenters. The van der Waals surface area contributed by atoms with Gasteiger partial charge in [-0.05, 0) is 12.1 Å². The van der Waals surface area contributed by atoms with Crippen LogP contribution in [-0.4, -0.2) is 10.9 Å². The minimum Gasteiger partial charge on any atom is -0.295 e. The van der Waals surface area contributed by atoms with Gasteiger partial charge in [0.1, 0.15) is 5.15 Å². The lowest BCUT2D eigenvalue weighted by Gasteiger charge is -1.95. The Morgan fingerprint density at radius 1 is 1.64 bits per heavy atom. The normalized spacial score (nSPS) is 9.27. The van der Waals surface area contributed by atoms with Gasteiger partial charge in [-0.25, -0.2) is 4.98 Å². The van der Waals surface area contributed by atoms with Crippen LogP contribution in [0.1, 0.15) is 10.4 Å². The fraction of sp³-hybridized carbons (Fsp3) is 0. The second-order valence-electron chi connectivity index (χ2n) is 1.79. The standard InChI is InChI=1S/C6H4ClIN2O/c7-5-2-1-4(3-9-5)6(11)10-8/h1-3H,(H,10,11). The first-order chi connectivity index (χ1) is 5.24. The summed E-state index contributed by atoms with van der Waals surface area (Å²) in [4.78, 5) is 14.7. The number of carbonyl (C=O) groups excluding carboxylic acids is 1. The summed E-state index contributed by atoms with van der Waals surface area (Å²) >= 11 is 7.28. The molecule has 0 aliphatic heterocycles. The predicted octanol–water partition coefficient (Wildman–Crippen LogP) is 1.81. The Balaban J connectivity index is 2.90. The molecule has 0 fully saturated rings. The third-order valence-electron chi connectivity index (χ3n) is 1.08. The number of nitrogens with zero attached hydrogens (tertiary/aromatic N) is 1. The Bertz CT molecular complexity index is 262. The Kier molecular flexibility index (Phi) is 3.07. The van der Waals surface area contributed by atoms with Gasteiger partial charge in [0.2, 0.25) is 0 Å². The van der Waals surface area contributed by atoms with Gasteiger partial charge in [0, 0.05) is 6.20 Å². The van der Waals surface area contributed by atoms with Crippen molar-refractivity contribution in [2.45, 2.75) is 0 Å². The van der Waals surface area contributed by atoms with E-state index in [4.69, 9.17) is 11.6 Å². The number of aromatic nitrogens is 1. The number of nitrogens with one attached hydrogen (secondary N) is 1. The number of amides is 1. The highest BCUT2D eigenvalue weighted by Gasteiger charge is 2.02. The highest BCUT2D eigenvalue weighted by molar-refractivity contribution is 14.1. The minimum atomic E-state index is -0.172. The van der Waals surface area contributed by atoms with E-state index >= 15 is 0 Å². The third-order valence-corrected chi connectivity index (χ3v) is 1.79. The van der Waals surface area contributed by atoms with Crippen LogP contribution in [0.2, 0.25) is 5.15 Å². The van der Waals surface area contributed by atoms with Crippen molar-refractivity contribution in [2.75, 3.05) is 0 Å². The van der Waals surface area contributed by atoms with E-state index in [2.05, 4.69) is 8.51 Å². The molecule has 3 nitrogen and oxygen atoms in total. The topological polar surface area (TPSA) is 42.0 Å². The maximum atomic E-state index is 10.9. The molecule has 1 heterocycles. The van der Waals surface area contributed by atoms with E-state index in [9.17, 15) is 4.79 Å². The molecule has 0 saturated heterocycles. The van der Waals surface area contributed by atoms with E-state index in [1.165, 1.54) is 6.20 Å². The molecule has 0 atom stereocenters. The second-order valence-corrected chi connectivity index (χ2v) is 2.72. The zero-order valence-electron chi connectivity index (χ0n) is 5.34. The summed E-state index contributed by atoms with van der Waals surface area (Å²) in [6.45, 7) is 0. The lowest BCUT2D eigenvalue weighted by Crippen LogP contribution is -2.11. The van der Waals surface area contributed by atoms with Crippen molar-refractivity contribution in [3.8, 4) is 0 Å². The summed E-state index contributed by atoms with van der Waals surface area (Å²) < 4.78 is 2.45. The average molecular weight is 282 g/mol. The first-order valence-corrected chi connectivity index (χ1v) is 4.22. The minimum absolute atomic E-state index is 0.172. The maximum Gasteiger partial charge on any atom is 0.261 e. The molecule has 0 aromatic carbocycles. The lowest BCUT2D eigenvalue weighted by molar-refractivity contribution is 0.0989. The number of hydrogen-bond donors (Lipinski definition) is 1. The molecule has 58 valence electrons. The monoisotopic (exact) mass is 282 g/mol. The number of carbonyl (C=O) groups is 1. The van der Waals surface area contributed by atoms with Crippen LogP contribution in [0.5, 0.6) is 0 Å². The SMILES string of the molecule is O=C(NI)c1ccc(Cl)nc1. The van der Waals surface area contributed by atoms with Gasteiger partial charge >= 0.3 is 0 Å². The lowest BCUT2D eigenvalue weighted by atomic mass is 10.3. The van der Waals surface area contributed by atoms with Gasteiger partial charge < -0.3 is 0 Å². The van der Waals surface area contributed by atoms with Crippen molar-refractivity contribution in [2.24, 2.45) is 0 Å². The van der Waals surface area contributed by atoms with Crippen molar-refractivity contribution in [3.63, 3.8) is 0 Å². The molecule has 1 amide bonds. The van der Waals surface area contributed by atoms with E-state index in [1.807, 2.05) is 0 Å².